The second-order valence-corrected chi connectivity index (χ2v) is 5.61. The Balaban J connectivity index is 2.06. The highest BCUT2D eigenvalue weighted by Gasteiger charge is 2.25. The summed E-state index contributed by atoms with van der Waals surface area (Å²) in [7, 11) is 0. The highest BCUT2D eigenvalue weighted by atomic mass is 19.1. The molecule has 2 rings (SSSR count). The van der Waals surface area contributed by atoms with Gasteiger partial charge in [-0.3, -0.25) is 0 Å². The molecule has 1 fully saturated rings. The second kappa shape index (κ2) is 6.33. The molecular formula is C16H24FN. The fourth-order valence-electron chi connectivity index (χ4n) is 2.62. The number of benzene rings is 1. The molecule has 0 radical (unpaired) electrons. The van der Waals surface area contributed by atoms with E-state index < -0.39 is 0 Å². The standard InChI is InChI=1S/C16H24FN/c1-3-5-12(2)16(11-18-15-8-9-15)13-6-4-7-14(17)10-13/h4,6-7,10,12,15-16,18H,3,5,8-9,11H2,1-2H3. The average Bonchev–Trinajstić information content (AvgIpc) is 3.14. The molecule has 2 atom stereocenters. The van der Waals surface area contributed by atoms with Gasteiger partial charge in [0.15, 0.2) is 0 Å². The third kappa shape index (κ3) is 3.81. The Morgan fingerprint density at radius 2 is 2.17 bits per heavy atom. The van der Waals surface area contributed by atoms with Crippen molar-refractivity contribution in [2.24, 2.45) is 5.92 Å². The van der Waals surface area contributed by atoms with Crippen LogP contribution < -0.4 is 5.32 Å². The van der Waals surface area contributed by atoms with Gasteiger partial charge in [0.05, 0.1) is 0 Å². The van der Waals surface area contributed by atoms with E-state index in [-0.39, 0.29) is 5.82 Å². The second-order valence-electron chi connectivity index (χ2n) is 5.61. The zero-order valence-electron chi connectivity index (χ0n) is 11.5. The molecule has 100 valence electrons. The lowest BCUT2D eigenvalue weighted by Crippen LogP contribution is -2.27. The van der Waals surface area contributed by atoms with Gasteiger partial charge in [0.2, 0.25) is 0 Å². The van der Waals surface area contributed by atoms with Crippen molar-refractivity contribution in [3.8, 4) is 0 Å². The first-order chi connectivity index (χ1) is 8.70. The van der Waals surface area contributed by atoms with Crippen molar-refractivity contribution in [2.75, 3.05) is 6.54 Å². The van der Waals surface area contributed by atoms with Crippen LogP contribution in [-0.4, -0.2) is 12.6 Å². The van der Waals surface area contributed by atoms with Gasteiger partial charge in [-0.05, 0) is 42.4 Å². The lowest BCUT2D eigenvalue weighted by Gasteiger charge is -2.25. The van der Waals surface area contributed by atoms with Crippen molar-refractivity contribution >= 4 is 0 Å². The molecule has 1 N–H and O–H groups in total. The summed E-state index contributed by atoms with van der Waals surface area (Å²) in [5, 5.41) is 3.59. The molecular weight excluding hydrogens is 225 g/mol. The Morgan fingerprint density at radius 3 is 2.78 bits per heavy atom. The van der Waals surface area contributed by atoms with Crippen LogP contribution in [0.25, 0.3) is 0 Å². The van der Waals surface area contributed by atoms with Gasteiger partial charge >= 0.3 is 0 Å². The van der Waals surface area contributed by atoms with E-state index >= 15 is 0 Å². The Morgan fingerprint density at radius 1 is 1.39 bits per heavy atom. The highest BCUT2D eigenvalue weighted by Crippen LogP contribution is 2.29. The molecule has 2 unspecified atom stereocenters. The maximum absolute atomic E-state index is 13.4. The molecule has 0 spiro atoms. The molecule has 1 nitrogen and oxygen atoms in total. The molecule has 0 bridgehead atoms. The van der Waals surface area contributed by atoms with Crippen LogP contribution in [0.1, 0.15) is 51.0 Å². The van der Waals surface area contributed by atoms with E-state index in [0.717, 1.165) is 18.2 Å². The first kappa shape index (κ1) is 13.5. The van der Waals surface area contributed by atoms with Crippen LogP contribution >= 0.6 is 0 Å². The van der Waals surface area contributed by atoms with Crippen LogP contribution in [0, 0.1) is 11.7 Å². The number of nitrogens with one attached hydrogen (secondary N) is 1. The van der Waals surface area contributed by atoms with Gasteiger partial charge < -0.3 is 5.32 Å². The predicted molar refractivity (Wildman–Crippen MR) is 74.2 cm³/mol. The lowest BCUT2D eigenvalue weighted by molar-refractivity contribution is 0.401. The molecule has 18 heavy (non-hydrogen) atoms. The van der Waals surface area contributed by atoms with Gasteiger partial charge in [0.1, 0.15) is 5.82 Å². The zero-order valence-corrected chi connectivity index (χ0v) is 11.5. The maximum atomic E-state index is 13.4. The van der Waals surface area contributed by atoms with Crippen molar-refractivity contribution in [1.82, 2.24) is 5.32 Å². The predicted octanol–water partition coefficient (Wildman–Crippen LogP) is 4.10. The fraction of sp³-hybridized carbons (Fsp3) is 0.625. The van der Waals surface area contributed by atoms with Crippen molar-refractivity contribution < 1.29 is 4.39 Å². The van der Waals surface area contributed by atoms with E-state index in [1.54, 1.807) is 6.07 Å². The minimum Gasteiger partial charge on any atom is -0.313 e. The Hall–Kier alpha value is -0.890. The molecule has 0 heterocycles. The van der Waals surface area contributed by atoms with Gasteiger partial charge in [-0.25, -0.2) is 4.39 Å². The number of hydrogen-bond donors (Lipinski definition) is 1. The van der Waals surface area contributed by atoms with E-state index in [0.29, 0.717) is 11.8 Å². The van der Waals surface area contributed by atoms with Crippen molar-refractivity contribution in [3.05, 3.63) is 35.6 Å². The van der Waals surface area contributed by atoms with E-state index in [1.807, 2.05) is 6.07 Å². The van der Waals surface area contributed by atoms with Crippen LogP contribution in [0.2, 0.25) is 0 Å². The minimum absolute atomic E-state index is 0.118. The first-order valence-corrected chi connectivity index (χ1v) is 7.19. The van der Waals surface area contributed by atoms with E-state index in [2.05, 4.69) is 25.2 Å². The molecule has 0 amide bonds. The average molecular weight is 249 g/mol. The molecule has 1 aliphatic rings. The number of hydrogen-bond acceptors (Lipinski definition) is 1. The summed E-state index contributed by atoms with van der Waals surface area (Å²) < 4.78 is 13.4. The van der Waals surface area contributed by atoms with Crippen molar-refractivity contribution in [3.63, 3.8) is 0 Å². The molecule has 2 heteroatoms. The normalized spacial score (nSPS) is 18.6. The third-order valence-corrected chi connectivity index (χ3v) is 3.91. The smallest absolute Gasteiger partial charge is 0.123 e. The van der Waals surface area contributed by atoms with E-state index in [4.69, 9.17) is 0 Å². The Kier molecular flexibility index (Phi) is 4.76. The summed E-state index contributed by atoms with van der Waals surface area (Å²) in [6.07, 6.45) is 5.00. The molecule has 0 saturated heterocycles. The summed E-state index contributed by atoms with van der Waals surface area (Å²) in [5.74, 6) is 0.914. The van der Waals surface area contributed by atoms with Gasteiger partial charge in [-0.1, -0.05) is 38.8 Å². The van der Waals surface area contributed by atoms with Crippen LogP contribution in [0.3, 0.4) is 0 Å². The zero-order chi connectivity index (χ0) is 13.0. The lowest BCUT2D eigenvalue weighted by atomic mass is 9.84. The molecule has 0 aromatic heterocycles. The van der Waals surface area contributed by atoms with Gasteiger partial charge in [0.25, 0.3) is 0 Å². The Bertz CT molecular complexity index is 373. The number of rotatable bonds is 7. The number of halogens is 1. The third-order valence-electron chi connectivity index (χ3n) is 3.91. The van der Waals surface area contributed by atoms with Crippen LogP contribution in [0.15, 0.2) is 24.3 Å². The van der Waals surface area contributed by atoms with Crippen LogP contribution in [0.5, 0.6) is 0 Å². The quantitative estimate of drug-likeness (QED) is 0.767. The summed E-state index contributed by atoms with van der Waals surface area (Å²) >= 11 is 0. The summed E-state index contributed by atoms with van der Waals surface area (Å²) in [4.78, 5) is 0. The highest BCUT2D eigenvalue weighted by molar-refractivity contribution is 5.22. The molecule has 1 saturated carbocycles. The summed E-state index contributed by atoms with van der Waals surface area (Å²) in [6, 6.07) is 7.84. The molecule has 1 aromatic rings. The van der Waals surface area contributed by atoms with E-state index in [9.17, 15) is 4.39 Å². The minimum atomic E-state index is -0.118. The van der Waals surface area contributed by atoms with Gasteiger partial charge in [-0.2, -0.15) is 0 Å². The molecule has 1 aromatic carbocycles. The van der Waals surface area contributed by atoms with Crippen molar-refractivity contribution in [2.45, 2.75) is 51.5 Å². The first-order valence-electron chi connectivity index (χ1n) is 7.19. The Labute approximate surface area is 110 Å². The van der Waals surface area contributed by atoms with E-state index in [1.165, 1.54) is 31.7 Å². The summed E-state index contributed by atoms with van der Waals surface area (Å²) in [5.41, 5.74) is 1.14. The topological polar surface area (TPSA) is 12.0 Å². The molecule has 1 aliphatic carbocycles. The van der Waals surface area contributed by atoms with Crippen molar-refractivity contribution in [1.29, 1.82) is 0 Å². The summed E-state index contributed by atoms with van der Waals surface area (Å²) in [6.45, 7) is 5.48. The largest absolute Gasteiger partial charge is 0.313 e. The monoisotopic (exact) mass is 249 g/mol. The van der Waals surface area contributed by atoms with Crippen LogP contribution in [-0.2, 0) is 0 Å². The van der Waals surface area contributed by atoms with Gasteiger partial charge in [0, 0.05) is 12.6 Å². The van der Waals surface area contributed by atoms with Crippen LogP contribution in [0.4, 0.5) is 4.39 Å². The molecule has 0 aliphatic heterocycles. The van der Waals surface area contributed by atoms with Gasteiger partial charge in [-0.15, -0.1) is 0 Å². The fourth-order valence-corrected chi connectivity index (χ4v) is 2.62. The maximum Gasteiger partial charge on any atom is 0.123 e. The SMILES string of the molecule is CCCC(C)C(CNC1CC1)c1cccc(F)c1.